The summed E-state index contributed by atoms with van der Waals surface area (Å²) in [6, 6.07) is 4.02. The van der Waals surface area contributed by atoms with Gasteiger partial charge in [0.25, 0.3) is 0 Å². The number of aliphatic carboxylic acids is 1. The minimum atomic E-state index is -4.43. The molecule has 1 aromatic rings. The number of aliphatic imine (C=N–C) groups is 1. The first-order valence-electron chi connectivity index (χ1n) is 5.33. The van der Waals surface area contributed by atoms with Crippen LogP contribution in [0.15, 0.2) is 40.6 Å². The molecule has 0 unspecified atom stereocenters. The van der Waals surface area contributed by atoms with Gasteiger partial charge in [0, 0.05) is 0 Å². The van der Waals surface area contributed by atoms with E-state index in [4.69, 9.17) is 5.11 Å². The van der Waals surface area contributed by atoms with Gasteiger partial charge < -0.3 is 10.2 Å². The summed E-state index contributed by atoms with van der Waals surface area (Å²) in [6.45, 7) is 0. The van der Waals surface area contributed by atoms with Crippen LogP contribution in [0.25, 0.3) is 0 Å². The van der Waals surface area contributed by atoms with Crippen molar-refractivity contribution in [2.45, 2.75) is 6.18 Å². The fraction of sp³-hybridized carbons (Fsp3) is 0.167. The lowest BCUT2D eigenvalue weighted by atomic mass is 10.2. The molecule has 1 heterocycles. The minimum Gasteiger partial charge on any atom is -0.510 e. The Hall–Kier alpha value is -1.96. The van der Waals surface area contributed by atoms with Gasteiger partial charge in [-0.15, -0.1) is 0 Å². The van der Waals surface area contributed by atoms with Crippen molar-refractivity contribution in [1.29, 1.82) is 0 Å². The van der Waals surface area contributed by atoms with Crippen LogP contribution in [0.5, 0.6) is 0 Å². The Bertz CT molecular complexity index is 605. The number of aliphatic hydroxyl groups is 1. The first-order chi connectivity index (χ1) is 9.29. The fourth-order valence-electron chi connectivity index (χ4n) is 1.55. The van der Waals surface area contributed by atoms with E-state index in [1.807, 2.05) is 0 Å². The Kier molecular flexibility index (Phi) is 3.76. The number of carboxylic acid groups (broad SMARTS) is 1. The standard InChI is InChI=1S/C12H8F3NO3S/c13-12(14,15)6-1-3-7(4-2-6)16-10-9(11(18)19)8(17)5-20-10/h1-4,17H,5H2,(H,18,19). The van der Waals surface area contributed by atoms with Crippen molar-refractivity contribution in [3.8, 4) is 0 Å². The predicted molar refractivity (Wildman–Crippen MR) is 68.3 cm³/mol. The van der Waals surface area contributed by atoms with Crippen LogP contribution < -0.4 is 0 Å². The molecule has 0 radical (unpaired) electrons. The maximum absolute atomic E-state index is 12.4. The molecule has 0 atom stereocenters. The lowest BCUT2D eigenvalue weighted by Gasteiger charge is -2.06. The number of carboxylic acids is 1. The third-order valence-electron chi connectivity index (χ3n) is 2.49. The predicted octanol–water partition coefficient (Wildman–Crippen LogP) is 3.38. The van der Waals surface area contributed by atoms with Crippen LogP contribution in [0.2, 0.25) is 0 Å². The molecule has 0 bridgehead atoms. The second kappa shape index (κ2) is 5.20. The third-order valence-corrected chi connectivity index (χ3v) is 3.47. The molecule has 2 N–H and O–H groups in total. The first-order valence-corrected chi connectivity index (χ1v) is 6.32. The highest BCUT2D eigenvalue weighted by atomic mass is 32.2. The van der Waals surface area contributed by atoms with Crippen LogP contribution in [0, 0.1) is 0 Å². The Labute approximate surface area is 115 Å². The quantitative estimate of drug-likeness (QED) is 0.878. The van der Waals surface area contributed by atoms with Gasteiger partial charge in [0.1, 0.15) is 16.4 Å². The number of nitrogens with zero attached hydrogens (tertiary/aromatic N) is 1. The zero-order valence-corrected chi connectivity index (χ0v) is 10.6. The van der Waals surface area contributed by atoms with Gasteiger partial charge in [-0.05, 0) is 24.3 Å². The number of carbonyl (C=O) groups is 1. The van der Waals surface area contributed by atoms with Gasteiger partial charge in [-0.2, -0.15) is 13.2 Å². The SMILES string of the molecule is O=C(O)C1=C(O)CSC1=Nc1ccc(C(F)(F)F)cc1. The lowest BCUT2D eigenvalue weighted by Crippen LogP contribution is -2.07. The molecule has 0 aromatic heterocycles. The highest BCUT2D eigenvalue weighted by Crippen LogP contribution is 2.32. The zero-order valence-electron chi connectivity index (χ0n) is 9.81. The van der Waals surface area contributed by atoms with Gasteiger partial charge in [0.05, 0.1) is 17.0 Å². The number of hydrogen-bond acceptors (Lipinski definition) is 4. The van der Waals surface area contributed by atoms with Crippen molar-refractivity contribution in [3.05, 3.63) is 41.2 Å². The number of benzene rings is 1. The van der Waals surface area contributed by atoms with E-state index in [-0.39, 0.29) is 27.8 Å². The molecule has 4 nitrogen and oxygen atoms in total. The molecule has 0 spiro atoms. The average molecular weight is 303 g/mol. The van der Waals surface area contributed by atoms with E-state index < -0.39 is 17.7 Å². The van der Waals surface area contributed by atoms with Crippen LogP contribution >= 0.6 is 11.8 Å². The van der Waals surface area contributed by atoms with Crippen molar-refractivity contribution in [2.24, 2.45) is 4.99 Å². The molecule has 20 heavy (non-hydrogen) atoms. The fourth-order valence-corrected chi connectivity index (χ4v) is 2.49. The van der Waals surface area contributed by atoms with Gasteiger partial charge in [0.15, 0.2) is 0 Å². The number of hydrogen-bond donors (Lipinski definition) is 2. The van der Waals surface area contributed by atoms with Gasteiger partial charge in [-0.25, -0.2) is 9.79 Å². The summed E-state index contributed by atoms with van der Waals surface area (Å²) in [7, 11) is 0. The second-order valence-corrected chi connectivity index (χ2v) is 4.84. The third kappa shape index (κ3) is 2.96. The van der Waals surface area contributed by atoms with Gasteiger partial charge in [0.2, 0.25) is 0 Å². The first kappa shape index (κ1) is 14.4. The maximum Gasteiger partial charge on any atom is 0.416 e. The van der Waals surface area contributed by atoms with E-state index >= 15 is 0 Å². The molecular weight excluding hydrogens is 295 g/mol. The number of rotatable bonds is 2. The van der Waals surface area contributed by atoms with E-state index in [0.29, 0.717) is 0 Å². The van der Waals surface area contributed by atoms with E-state index in [1.54, 1.807) is 0 Å². The molecule has 1 aliphatic heterocycles. The molecule has 0 fully saturated rings. The minimum absolute atomic E-state index is 0.0785. The monoisotopic (exact) mass is 303 g/mol. The van der Waals surface area contributed by atoms with E-state index in [2.05, 4.69) is 4.99 Å². The van der Waals surface area contributed by atoms with Gasteiger partial charge in [-0.3, -0.25) is 0 Å². The van der Waals surface area contributed by atoms with Crippen molar-refractivity contribution in [1.82, 2.24) is 0 Å². The van der Waals surface area contributed by atoms with Crippen molar-refractivity contribution in [3.63, 3.8) is 0 Å². The molecule has 0 saturated carbocycles. The van der Waals surface area contributed by atoms with Crippen molar-refractivity contribution >= 4 is 28.5 Å². The summed E-state index contributed by atoms with van der Waals surface area (Å²) in [5.74, 6) is -1.53. The topological polar surface area (TPSA) is 69.9 Å². The summed E-state index contributed by atoms with van der Waals surface area (Å²) in [6.07, 6.45) is -4.43. The zero-order chi connectivity index (χ0) is 14.9. The van der Waals surface area contributed by atoms with Gasteiger partial charge in [-0.1, -0.05) is 11.8 Å². The number of thioether (sulfide) groups is 1. The summed E-state index contributed by atoms with van der Waals surface area (Å²) in [5.41, 5.74) is -0.929. The number of alkyl halides is 3. The summed E-state index contributed by atoms with van der Waals surface area (Å²) in [5, 5.41) is 18.4. The van der Waals surface area contributed by atoms with E-state index in [9.17, 15) is 23.1 Å². The largest absolute Gasteiger partial charge is 0.510 e. The molecular formula is C12H8F3NO3S. The molecule has 2 rings (SSSR count). The molecule has 8 heteroatoms. The van der Waals surface area contributed by atoms with Crippen LogP contribution in [0.3, 0.4) is 0 Å². The summed E-state index contributed by atoms with van der Waals surface area (Å²) in [4.78, 5) is 14.9. The smallest absolute Gasteiger partial charge is 0.416 e. The summed E-state index contributed by atoms with van der Waals surface area (Å²) >= 11 is 1.01. The average Bonchev–Trinajstić information content (AvgIpc) is 2.70. The molecule has 0 amide bonds. The number of aliphatic hydroxyl groups excluding tert-OH is 1. The van der Waals surface area contributed by atoms with E-state index in [1.165, 1.54) is 0 Å². The van der Waals surface area contributed by atoms with Gasteiger partial charge >= 0.3 is 12.1 Å². The Morgan fingerprint density at radius 3 is 2.35 bits per heavy atom. The van der Waals surface area contributed by atoms with Crippen LogP contribution in [0.4, 0.5) is 18.9 Å². The lowest BCUT2D eigenvalue weighted by molar-refractivity contribution is -0.137. The van der Waals surface area contributed by atoms with Crippen molar-refractivity contribution in [2.75, 3.05) is 5.75 Å². The maximum atomic E-state index is 12.4. The van der Waals surface area contributed by atoms with Crippen LogP contribution in [-0.2, 0) is 11.0 Å². The molecule has 0 aliphatic carbocycles. The Balaban J connectivity index is 2.30. The molecule has 106 valence electrons. The second-order valence-electron chi connectivity index (χ2n) is 3.88. The van der Waals surface area contributed by atoms with E-state index in [0.717, 1.165) is 36.0 Å². The highest BCUT2D eigenvalue weighted by molar-refractivity contribution is 8.15. The molecule has 0 saturated heterocycles. The van der Waals surface area contributed by atoms with Crippen LogP contribution in [0.1, 0.15) is 5.56 Å². The van der Waals surface area contributed by atoms with Crippen molar-refractivity contribution < 1.29 is 28.2 Å². The highest BCUT2D eigenvalue weighted by Gasteiger charge is 2.30. The Morgan fingerprint density at radius 2 is 1.85 bits per heavy atom. The Morgan fingerprint density at radius 1 is 1.25 bits per heavy atom. The normalized spacial score (nSPS) is 17.9. The molecule has 1 aromatic carbocycles. The number of halogens is 3. The van der Waals surface area contributed by atoms with Crippen LogP contribution in [-0.4, -0.2) is 27.0 Å². The molecule has 1 aliphatic rings. The summed E-state index contributed by atoms with van der Waals surface area (Å²) < 4.78 is 37.2.